The third kappa shape index (κ3) is 5.23. The Balaban J connectivity index is 2.50. The Morgan fingerprint density at radius 2 is 2.21 bits per heavy atom. The highest BCUT2D eigenvalue weighted by Gasteiger charge is 2.13. The number of nitro groups is 1. The molecule has 0 fully saturated rings. The van der Waals surface area contributed by atoms with Crippen molar-refractivity contribution in [3.8, 4) is 0 Å². The first kappa shape index (κ1) is 15.4. The Labute approximate surface area is 113 Å². The summed E-state index contributed by atoms with van der Waals surface area (Å²) in [5, 5.41) is 10.9. The summed E-state index contributed by atoms with van der Waals surface area (Å²) in [6.45, 7) is 5.39. The van der Waals surface area contributed by atoms with Gasteiger partial charge in [0.15, 0.2) is 0 Å². The molecule has 0 radical (unpaired) electrons. The fourth-order valence-electron chi connectivity index (χ4n) is 1.72. The topological polar surface area (TPSA) is 90.4 Å². The average molecular weight is 267 g/mol. The van der Waals surface area contributed by atoms with Crippen molar-refractivity contribution >= 4 is 11.4 Å². The van der Waals surface area contributed by atoms with E-state index in [4.69, 9.17) is 10.6 Å². The predicted molar refractivity (Wildman–Crippen MR) is 74.6 cm³/mol. The Morgan fingerprint density at radius 1 is 1.47 bits per heavy atom. The third-order valence-electron chi connectivity index (χ3n) is 2.75. The monoisotopic (exact) mass is 267 g/mol. The summed E-state index contributed by atoms with van der Waals surface area (Å²) in [6, 6.07) is 4.84. The van der Waals surface area contributed by atoms with Gasteiger partial charge >= 0.3 is 0 Å². The molecule has 0 spiro atoms. The zero-order valence-electron chi connectivity index (χ0n) is 11.4. The molecule has 0 aromatic heterocycles. The summed E-state index contributed by atoms with van der Waals surface area (Å²) >= 11 is 0. The Hall–Kier alpha value is -1.66. The van der Waals surface area contributed by atoms with Crippen LogP contribution in [0.4, 0.5) is 11.4 Å². The van der Waals surface area contributed by atoms with E-state index in [0.717, 1.165) is 18.4 Å². The smallest absolute Gasteiger partial charge is 0.294 e. The number of hydrazine groups is 1. The summed E-state index contributed by atoms with van der Waals surface area (Å²) in [6.07, 6.45) is 2.12. The number of benzene rings is 1. The lowest BCUT2D eigenvalue weighted by Crippen LogP contribution is -2.09. The van der Waals surface area contributed by atoms with Crippen molar-refractivity contribution in [2.24, 2.45) is 11.8 Å². The van der Waals surface area contributed by atoms with E-state index in [1.54, 1.807) is 12.1 Å². The van der Waals surface area contributed by atoms with Crippen LogP contribution in [0.5, 0.6) is 0 Å². The highest BCUT2D eigenvalue weighted by Crippen LogP contribution is 2.24. The fourth-order valence-corrected chi connectivity index (χ4v) is 1.72. The van der Waals surface area contributed by atoms with Gasteiger partial charge in [0.2, 0.25) is 0 Å². The summed E-state index contributed by atoms with van der Waals surface area (Å²) in [5.74, 6) is 5.89. The van der Waals surface area contributed by atoms with E-state index in [9.17, 15) is 10.1 Å². The number of nitro benzene ring substituents is 1. The molecule has 6 nitrogen and oxygen atoms in total. The molecule has 0 saturated carbocycles. The first-order valence-corrected chi connectivity index (χ1v) is 6.36. The maximum Gasteiger partial charge on any atom is 0.294 e. The minimum atomic E-state index is -0.461. The summed E-state index contributed by atoms with van der Waals surface area (Å²) in [5.41, 5.74) is 3.35. The Bertz CT molecular complexity index is 422. The van der Waals surface area contributed by atoms with Crippen molar-refractivity contribution in [1.82, 2.24) is 0 Å². The van der Waals surface area contributed by atoms with E-state index >= 15 is 0 Å². The van der Waals surface area contributed by atoms with Gasteiger partial charge in [0.1, 0.15) is 5.69 Å². The Morgan fingerprint density at radius 3 is 2.79 bits per heavy atom. The van der Waals surface area contributed by atoms with Gasteiger partial charge in [0.25, 0.3) is 5.69 Å². The lowest BCUT2D eigenvalue weighted by atomic mass is 10.1. The highest BCUT2D eigenvalue weighted by molar-refractivity contribution is 5.61. The van der Waals surface area contributed by atoms with Crippen molar-refractivity contribution in [3.63, 3.8) is 0 Å². The molecule has 0 aliphatic rings. The van der Waals surface area contributed by atoms with Gasteiger partial charge < -0.3 is 10.2 Å². The molecule has 1 rings (SSSR count). The van der Waals surface area contributed by atoms with E-state index in [0.29, 0.717) is 24.8 Å². The molecule has 6 heteroatoms. The molecule has 1 aromatic rings. The van der Waals surface area contributed by atoms with Gasteiger partial charge in [-0.2, -0.15) is 0 Å². The zero-order chi connectivity index (χ0) is 14.3. The molecule has 0 saturated heterocycles. The summed E-state index contributed by atoms with van der Waals surface area (Å²) < 4.78 is 5.50. The van der Waals surface area contributed by atoms with E-state index in [1.807, 2.05) is 0 Å². The van der Waals surface area contributed by atoms with Crippen molar-refractivity contribution in [2.75, 3.05) is 12.0 Å². The first-order chi connectivity index (χ1) is 9.04. The van der Waals surface area contributed by atoms with Crippen LogP contribution in [0.2, 0.25) is 0 Å². The van der Waals surface area contributed by atoms with E-state index in [2.05, 4.69) is 19.3 Å². The molecule has 3 N–H and O–H groups in total. The molecule has 106 valence electrons. The van der Waals surface area contributed by atoms with Gasteiger partial charge in [-0.05, 0) is 30.4 Å². The maximum absolute atomic E-state index is 10.9. The highest BCUT2D eigenvalue weighted by atomic mass is 16.6. The number of anilines is 1. The number of hydrogen-bond donors (Lipinski definition) is 2. The molecule has 1 aromatic carbocycles. The van der Waals surface area contributed by atoms with Gasteiger partial charge in [0, 0.05) is 12.7 Å². The molecule has 0 aliphatic carbocycles. The van der Waals surface area contributed by atoms with Crippen molar-refractivity contribution < 1.29 is 9.66 Å². The lowest BCUT2D eigenvalue weighted by molar-refractivity contribution is -0.384. The van der Waals surface area contributed by atoms with Crippen LogP contribution in [0.3, 0.4) is 0 Å². The van der Waals surface area contributed by atoms with Crippen molar-refractivity contribution in [2.45, 2.75) is 33.3 Å². The molecule has 0 bridgehead atoms. The number of nitrogen functional groups attached to an aromatic ring is 1. The molecular formula is C13H21N3O3. The van der Waals surface area contributed by atoms with Crippen molar-refractivity contribution in [3.05, 3.63) is 33.9 Å². The minimum Gasteiger partial charge on any atom is -0.377 e. The lowest BCUT2D eigenvalue weighted by Gasteiger charge is -2.07. The standard InChI is InChI=1S/C13H21N3O3/c1-10(2)4-3-7-19-9-11-5-6-12(15-14)13(8-11)16(17)18/h5-6,8,10,15H,3-4,7,9,14H2,1-2H3. The molecule has 0 unspecified atom stereocenters. The second-order valence-electron chi connectivity index (χ2n) is 4.84. The Kier molecular flexibility index (Phi) is 6.24. The van der Waals surface area contributed by atoms with Crippen molar-refractivity contribution in [1.29, 1.82) is 0 Å². The second-order valence-corrected chi connectivity index (χ2v) is 4.84. The fraction of sp³-hybridized carbons (Fsp3) is 0.538. The van der Waals surface area contributed by atoms with E-state index in [1.165, 1.54) is 6.07 Å². The SMILES string of the molecule is CC(C)CCCOCc1ccc(NN)c([N+](=O)[O-])c1. The number of nitrogens with two attached hydrogens (primary N) is 1. The largest absolute Gasteiger partial charge is 0.377 e. The number of nitrogens with zero attached hydrogens (tertiary/aromatic N) is 1. The summed E-state index contributed by atoms with van der Waals surface area (Å²) in [4.78, 5) is 10.4. The van der Waals surface area contributed by atoms with Gasteiger partial charge in [-0.25, -0.2) is 0 Å². The van der Waals surface area contributed by atoms with Crippen LogP contribution in [0.1, 0.15) is 32.3 Å². The minimum absolute atomic E-state index is 0.0363. The van der Waals surface area contributed by atoms with Crippen LogP contribution < -0.4 is 11.3 Å². The third-order valence-corrected chi connectivity index (χ3v) is 2.75. The quantitative estimate of drug-likeness (QED) is 0.327. The summed E-state index contributed by atoms with van der Waals surface area (Å²) in [7, 11) is 0. The van der Waals surface area contributed by atoms with Crippen LogP contribution in [0.25, 0.3) is 0 Å². The molecule has 0 amide bonds. The average Bonchev–Trinajstić information content (AvgIpc) is 2.37. The van der Waals surface area contributed by atoms with Gasteiger partial charge in [-0.1, -0.05) is 19.9 Å². The van der Waals surface area contributed by atoms with E-state index in [-0.39, 0.29) is 5.69 Å². The zero-order valence-corrected chi connectivity index (χ0v) is 11.4. The predicted octanol–water partition coefficient (Wildman–Crippen LogP) is 2.83. The molecule has 0 heterocycles. The second kappa shape index (κ2) is 7.70. The van der Waals surface area contributed by atoms with Crippen LogP contribution in [-0.2, 0) is 11.3 Å². The van der Waals surface area contributed by atoms with Crippen LogP contribution in [0, 0.1) is 16.0 Å². The molecule has 19 heavy (non-hydrogen) atoms. The number of ether oxygens (including phenoxy) is 1. The molecule has 0 aliphatic heterocycles. The van der Waals surface area contributed by atoms with Gasteiger partial charge in [-0.15, -0.1) is 0 Å². The maximum atomic E-state index is 10.9. The number of nitrogens with one attached hydrogen (secondary N) is 1. The number of hydrogen-bond acceptors (Lipinski definition) is 5. The van der Waals surface area contributed by atoms with Gasteiger partial charge in [0.05, 0.1) is 11.5 Å². The van der Waals surface area contributed by atoms with Crippen LogP contribution >= 0.6 is 0 Å². The normalized spacial score (nSPS) is 10.7. The molecule has 0 atom stereocenters. The van der Waals surface area contributed by atoms with E-state index < -0.39 is 4.92 Å². The first-order valence-electron chi connectivity index (χ1n) is 6.36. The van der Waals surface area contributed by atoms with Crippen LogP contribution in [-0.4, -0.2) is 11.5 Å². The van der Waals surface area contributed by atoms with Gasteiger partial charge in [-0.3, -0.25) is 16.0 Å². The molecular weight excluding hydrogens is 246 g/mol. The van der Waals surface area contributed by atoms with Crippen LogP contribution in [0.15, 0.2) is 18.2 Å². The number of rotatable bonds is 8.